The van der Waals surface area contributed by atoms with E-state index in [4.69, 9.17) is 11.6 Å². The molecule has 0 atom stereocenters. The second-order valence-corrected chi connectivity index (χ2v) is 3.66. The third-order valence-corrected chi connectivity index (χ3v) is 2.07. The Kier molecular flexibility index (Phi) is 4.51. The maximum absolute atomic E-state index is 12.5. The molecule has 1 heterocycles. The quantitative estimate of drug-likeness (QED) is 0.466. The van der Waals surface area contributed by atoms with Crippen LogP contribution in [-0.4, -0.2) is 10.7 Å². The Balaban J connectivity index is 3.15. The number of aromatic nitrogens is 1. The van der Waals surface area contributed by atoms with E-state index < -0.39 is 11.7 Å². The standard InChI is InChI=1S/C10H7ClF3NS/c11-9-5-7(3-1-2-4-16)8(6-15-9)10(12,13)14/h5-6,16H,2,4H2. The first-order chi connectivity index (χ1) is 7.45. The molecule has 16 heavy (non-hydrogen) atoms. The molecule has 0 amide bonds. The first kappa shape index (κ1) is 13.2. The fourth-order valence-electron chi connectivity index (χ4n) is 0.973. The highest BCUT2D eigenvalue weighted by molar-refractivity contribution is 7.80. The zero-order valence-electron chi connectivity index (χ0n) is 7.98. The monoisotopic (exact) mass is 265 g/mol. The van der Waals surface area contributed by atoms with Gasteiger partial charge in [-0.3, -0.25) is 0 Å². The van der Waals surface area contributed by atoms with Crippen LogP contribution in [0.5, 0.6) is 0 Å². The van der Waals surface area contributed by atoms with Crippen molar-refractivity contribution < 1.29 is 13.2 Å². The van der Waals surface area contributed by atoms with Crippen molar-refractivity contribution in [2.75, 3.05) is 5.75 Å². The van der Waals surface area contributed by atoms with Gasteiger partial charge in [0.25, 0.3) is 0 Å². The van der Waals surface area contributed by atoms with Gasteiger partial charge >= 0.3 is 6.18 Å². The summed E-state index contributed by atoms with van der Waals surface area (Å²) in [7, 11) is 0. The molecule has 0 aromatic carbocycles. The summed E-state index contributed by atoms with van der Waals surface area (Å²) in [6.07, 6.45) is -3.37. The zero-order valence-corrected chi connectivity index (χ0v) is 9.63. The maximum atomic E-state index is 12.5. The third-order valence-electron chi connectivity index (χ3n) is 1.64. The van der Waals surface area contributed by atoms with Crippen LogP contribution in [0.1, 0.15) is 17.5 Å². The highest BCUT2D eigenvalue weighted by Crippen LogP contribution is 2.31. The molecule has 0 bridgehead atoms. The van der Waals surface area contributed by atoms with Gasteiger partial charge in [0.1, 0.15) is 5.15 Å². The molecule has 0 radical (unpaired) electrons. The fourth-order valence-corrected chi connectivity index (χ4v) is 1.24. The molecule has 0 saturated heterocycles. The minimum Gasteiger partial charge on any atom is -0.244 e. The Labute approximate surface area is 101 Å². The third kappa shape index (κ3) is 3.62. The molecular weight excluding hydrogens is 259 g/mol. The molecule has 0 N–H and O–H groups in total. The molecule has 0 aliphatic rings. The van der Waals surface area contributed by atoms with E-state index in [2.05, 4.69) is 29.5 Å². The molecule has 1 aromatic rings. The van der Waals surface area contributed by atoms with Crippen molar-refractivity contribution in [3.63, 3.8) is 0 Å². The number of hydrogen-bond acceptors (Lipinski definition) is 2. The minimum absolute atomic E-state index is 0.0110. The average Bonchev–Trinajstić information content (AvgIpc) is 2.16. The molecule has 6 heteroatoms. The van der Waals surface area contributed by atoms with Crippen LogP contribution in [0.2, 0.25) is 5.15 Å². The van der Waals surface area contributed by atoms with Crippen LogP contribution in [0.4, 0.5) is 13.2 Å². The van der Waals surface area contributed by atoms with E-state index in [9.17, 15) is 13.2 Å². The lowest BCUT2D eigenvalue weighted by Gasteiger charge is -2.08. The van der Waals surface area contributed by atoms with Crippen molar-refractivity contribution in [1.29, 1.82) is 0 Å². The van der Waals surface area contributed by atoms with Gasteiger partial charge in [0, 0.05) is 23.9 Å². The molecule has 0 fully saturated rings. The van der Waals surface area contributed by atoms with E-state index in [0.717, 1.165) is 6.07 Å². The van der Waals surface area contributed by atoms with Gasteiger partial charge in [0.15, 0.2) is 0 Å². The lowest BCUT2D eigenvalue weighted by molar-refractivity contribution is -0.138. The molecule has 0 aliphatic carbocycles. The van der Waals surface area contributed by atoms with Gasteiger partial charge < -0.3 is 0 Å². The van der Waals surface area contributed by atoms with Gasteiger partial charge in [-0.25, -0.2) is 4.98 Å². The number of halogens is 4. The molecule has 0 spiro atoms. The van der Waals surface area contributed by atoms with E-state index in [-0.39, 0.29) is 10.7 Å². The summed E-state index contributed by atoms with van der Waals surface area (Å²) in [4.78, 5) is 3.40. The topological polar surface area (TPSA) is 12.9 Å². The number of pyridine rings is 1. The molecular formula is C10H7ClF3NS. The van der Waals surface area contributed by atoms with Crippen molar-refractivity contribution in [2.24, 2.45) is 0 Å². The van der Waals surface area contributed by atoms with E-state index >= 15 is 0 Å². The van der Waals surface area contributed by atoms with Gasteiger partial charge in [-0.2, -0.15) is 25.8 Å². The lowest BCUT2D eigenvalue weighted by Crippen LogP contribution is -2.08. The van der Waals surface area contributed by atoms with E-state index in [1.807, 2.05) is 0 Å². The lowest BCUT2D eigenvalue weighted by atomic mass is 10.1. The largest absolute Gasteiger partial charge is 0.419 e. The Hall–Kier alpha value is -0.860. The highest BCUT2D eigenvalue weighted by atomic mass is 35.5. The van der Waals surface area contributed by atoms with Crippen LogP contribution in [0, 0.1) is 11.8 Å². The van der Waals surface area contributed by atoms with Crippen molar-refractivity contribution in [3.05, 3.63) is 28.5 Å². The van der Waals surface area contributed by atoms with Crippen LogP contribution in [0.3, 0.4) is 0 Å². The van der Waals surface area contributed by atoms with Gasteiger partial charge in [0.2, 0.25) is 0 Å². The van der Waals surface area contributed by atoms with Gasteiger partial charge in [-0.1, -0.05) is 23.4 Å². The molecule has 1 nitrogen and oxygen atoms in total. The normalized spacial score (nSPS) is 10.8. The number of hydrogen-bond donors (Lipinski definition) is 1. The second kappa shape index (κ2) is 5.46. The van der Waals surface area contributed by atoms with Crippen molar-refractivity contribution in [3.8, 4) is 11.8 Å². The van der Waals surface area contributed by atoms with Crippen LogP contribution < -0.4 is 0 Å². The molecule has 0 aliphatic heterocycles. The van der Waals surface area contributed by atoms with Crippen LogP contribution in [-0.2, 0) is 6.18 Å². The van der Waals surface area contributed by atoms with Crippen molar-refractivity contribution in [1.82, 2.24) is 4.98 Å². The summed E-state index contributed by atoms with van der Waals surface area (Å²) in [5, 5.41) is -0.0110. The predicted octanol–water partition coefficient (Wildman–Crippen LogP) is 3.43. The predicted molar refractivity (Wildman–Crippen MR) is 59.6 cm³/mol. The second-order valence-electron chi connectivity index (χ2n) is 2.83. The van der Waals surface area contributed by atoms with E-state index in [0.29, 0.717) is 18.4 Å². The SMILES string of the molecule is FC(F)(F)c1cnc(Cl)cc1C#CCCS. The van der Waals surface area contributed by atoms with Gasteiger partial charge in [-0.05, 0) is 6.07 Å². The van der Waals surface area contributed by atoms with Crippen LogP contribution in [0.25, 0.3) is 0 Å². The molecule has 1 aromatic heterocycles. The first-order valence-electron chi connectivity index (χ1n) is 4.27. The smallest absolute Gasteiger partial charge is 0.244 e. The molecule has 0 unspecified atom stereocenters. The van der Waals surface area contributed by atoms with E-state index in [1.54, 1.807) is 0 Å². The Morgan fingerprint density at radius 2 is 2.12 bits per heavy atom. The number of alkyl halides is 3. The summed E-state index contributed by atoms with van der Waals surface area (Å²) < 4.78 is 37.6. The van der Waals surface area contributed by atoms with Crippen molar-refractivity contribution in [2.45, 2.75) is 12.6 Å². The highest BCUT2D eigenvalue weighted by Gasteiger charge is 2.33. The van der Waals surface area contributed by atoms with Crippen LogP contribution in [0.15, 0.2) is 12.3 Å². The Morgan fingerprint density at radius 3 is 2.69 bits per heavy atom. The minimum atomic E-state index is -4.47. The van der Waals surface area contributed by atoms with E-state index in [1.165, 1.54) is 0 Å². The number of rotatable bonds is 1. The summed E-state index contributed by atoms with van der Waals surface area (Å²) in [5.41, 5.74) is -1.03. The maximum Gasteiger partial charge on any atom is 0.419 e. The average molecular weight is 266 g/mol. The first-order valence-corrected chi connectivity index (χ1v) is 5.28. The molecule has 1 rings (SSSR count). The summed E-state index contributed by atoms with van der Waals surface area (Å²) in [6.45, 7) is 0. The number of thiol groups is 1. The zero-order chi connectivity index (χ0) is 12.2. The Bertz CT molecular complexity index is 434. The molecule has 0 saturated carbocycles. The molecule has 86 valence electrons. The fraction of sp³-hybridized carbons (Fsp3) is 0.300. The van der Waals surface area contributed by atoms with Gasteiger partial charge in [0.05, 0.1) is 5.56 Å². The van der Waals surface area contributed by atoms with Gasteiger partial charge in [-0.15, -0.1) is 0 Å². The summed E-state index contributed by atoms with van der Waals surface area (Å²) in [5.74, 6) is 5.49. The van der Waals surface area contributed by atoms with Crippen LogP contribution >= 0.6 is 24.2 Å². The van der Waals surface area contributed by atoms with Crippen molar-refractivity contribution >= 4 is 24.2 Å². The Morgan fingerprint density at radius 1 is 1.44 bits per heavy atom. The summed E-state index contributed by atoms with van der Waals surface area (Å²) in [6, 6.07) is 1.11. The summed E-state index contributed by atoms with van der Waals surface area (Å²) >= 11 is 9.43. The number of nitrogens with zero attached hydrogens (tertiary/aromatic N) is 1.